The minimum absolute atomic E-state index is 0.548. The third-order valence-corrected chi connectivity index (χ3v) is 4.13. The maximum atomic E-state index is 5.91. The molecule has 0 saturated carbocycles. The van der Waals surface area contributed by atoms with Gasteiger partial charge in [0.15, 0.2) is 0 Å². The van der Waals surface area contributed by atoms with Crippen LogP contribution in [0.25, 0.3) is 0 Å². The molecule has 0 aliphatic carbocycles. The van der Waals surface area contributed by atoms with E-state index in [1.807, 2.05) is 19.2 Å². The quantitative estimate of drug-likeness (QED) is 0.811. The average Bonchev–Trinajstić information content (AvgIpc) is 2.35. The van der Waals surface area contributed by atoms with E-state index in [2.05, 4.69) is 15.2 Å². The highest BCUT2D eigenvalue weighted by Crippen LogP contribution is 2.29. The summed E-state index contributed by atoms with van der Waals surface area (Å²) in [6.07, 6.45) is 4.48. The number of anilines is 2. The SMILES string of the molecule is Cc1cnc(NC2CN3CCC2CC3)cc1N. The zero-order chi connectivity index (χ0) is 11.8. The molecule has 3 aliphatic rings. The molecule has 3 fully saturated rings. The van der Waals surface area contributed by atoms with Crippen LogP contribution in [0.2, 0.25) is 0 Å². The molecule has 0 amide bonds. The zero-order valence-corrected chi connectivity index (χ0v) is 10.3. The maximum Gasteiger partial charge on any atom is 0.128 e. The lowest BCUT2D eigenvalue weighted by Crippen LogP contribution is -2.53. The number of hydrogen-bond acceptors (Lipinski definition) is 4. The lowest BCUT2D eigenvalue weighted by Gasteiger charge is -2.45. The van der Waals surface area contributed by atoms with Crippen LogP contribution in [0, 0.1) is 12.8 Å². The number of pyridine rings is 1. The number of piperidine rings is 3. The number of nitrogens with one attached hydrogen (secondary N) is 1. The molecule has 4 rings (SSSR count). The van der Waals surface area contributed by atoms with Crippen LogP contribution in [0.1, 0.15) is 18.4 Å². The molecule has 4 nitrogen and oxygen atoms in total. The Morgan fingerprint density at radius 2 is 2.18 bits per heavy atom. The molecular formula is C13H20N4. The third-order valence-electron chi connectivity index (χ3n) is 4.13. The molecule has 92 valence electrons. The monoisotopic (exact) mass is 232 g/mol. The van der Waals surface area contributed by atoms with E-state index in [0.717, 1.165) is 29.5 Å². The van der Waals surface area contributed by atoms with Gasteiger partial charge in [0, 0.05) is 30.5 Å². The fraction of sp³-hybridized carbons (Fsp3) is 0.615. The third kappa shape index (κ3) is 2.09. The Labute approximate surface area is 102 Å². The van der Waals surface area contributed by atoms with Gasteiger partial charge in [0.2, 0.25) is 0 Å². The first kappa shape index (κ1) is 10.8. The Balaban J connectivity index is 1.72. The second kappa shape index (κ2) is 4.18. The average molecular weight is 232 g/mol. The van der Waals surface area contributed by atoms with E-state index in [0.29, 0.717) is 6.04 Å². The summed E-state index contributed by atoms with van der Waals surface area (Å²) in [5.74, 6) is 1.73. The van der Waals surface area contributed by atoms with Crippen molar-refractivity contribution in [1.29, 1.82) is 0 Å². The first-order chi connectivity index (χ1) is 8.22. The van der Waals surface area contributed by atoms with Gasteiger partial charge in [-0.2, -0.15) is 0 Å². The predicted molar refractivity (Wildman–Crippen MR) is 70.0 cm³/mol. The maximum absolute atomic E-state index is 5.91. The van der Waals surface area contributed by atoms with Gasteiger partial charge in [-0.3, -0.25) is 0 Å². The van der Waals surface area contributed by atoms with E-state index in [1.54, 1.807) is 0 Å². The van der Waals surface area contributed by atoms with Crippen molar-refractivity contribution >= 4 is 11.5 Å². The van der Waals surface area contributed by atoms with Gasteiger partial charge in [-0.25, -0.2) is 4.98 Å². The molecule has 3 N–H and O–H groups in total. The number of nitrogens with two attached hydrogens (primary N) is 1. The van der Waals surface area contributed by atoms with E-state index < -0.39 is 0 Å². The molecule has 4 heteroatoms. The van der Waals surface area contributed by atoms with Crippen LogP contribution in [-0.4, -0.2) is 35.6 Å². The minimum atomic E-state index is 0.548. The summed E-state index contributed by atoms with van der Waals surface area (Å²) in [5, 5.41) is 3.55. The molecule has 0 aromatic carbocycles. The Hall–Kier alpha value is -1.29. The molecule has 0 radical (unpaired) electrons. The van der Waals surface area contributed by atoms with Gasteiger partial charge in [-0.05, 0) is 44.3 Å². The van der Waals surface area contributed by atoms with Crippen LogP contribution in [0.4, 0.5) is 11.5 Å². The largest absolute Gasteiger partial charge is 0.398 e. The topological polar surface area (TPSA) is 54.2 Å². The van der Waals surface area contributed by atoms with Gasteiger partial charge in [-0.15, -0.1) is 0 Å². The van der Waals surface area contributed by atoms with Gasteiger partial charge >= 0.3 is 0 Å². The highest BCUT2D eigenvalue weighted by molar-refractivity contribution is 5.53. The number of hydrogen-bond donors (Lipinski definition) is 2. The molecule has 2 bridgehead atoms. The van der Waals surface area contributed by atoms with Crippen LogP contribution in [0.15, 0.2) is 12.3 Å². The van der Waals surface area contributed by atoms with Crippen molar-refractivity contribution in [3.8, 4) is 0 Å². The van der Waals surface area contributed by atoms with E-state index in [9.17, 15) is 0 Å². The summed E-state index contributed by atoms with van der Waals surface area (Å²) < 4.78 is 0. The second-order valence-electron chi connectivity index (χ2n) is 5.32. The van der Waals surface area contributed by atoms with E-state index in [-0.39, 0.29) is 0 Å². The van der Waals surface area contributed by atoms with Crippen molar-refractivity contribution in [3.63, 3.8) is 0 Å². The molecule has 1 unspecified atom stereocenters. The van der Waals surface area contributed by atoms with E-state index in [4.69, 9.17) is 5.73 Å². The molecule has 1 aromatic rings. The van der Waals surface area contributed by atoms with Gasteiger partial charge in [0.25, 0.3) is 0 Å². The first-order valence-corrected chi connectivity index (χ1v) is 6.43. The Bertz CT molecular complexity index is 410. The van der Waals surface area contributed by atoms with Crippen molar-refractivity contribution in [2.24, 2.45) is 5.92 Å². The summed E-state index contributed by atoms with van der Waals surface area (Å²) in [7, 11) is 0. The lowest BCUT2D eigenvalue weighted by molar-refractivity contribution is 0.0974. The second-order valence-corrected chi connectivity index (χ2v) is 5.32. The molecule has 17 heavy (non-hydrogen) atoms. The Kier molecular flexibility index (Phi) is 2.67. The standard InChI is InChI=1S/C13H20N4/c1-9-7-15-13(6-11(9)14)16-12-8-17-4-2-10(12)3-5-17/h6-7,10,12H,2-5,8H2,1H3,(H3,14,15,16). The molecular weight excluding hydrogens is 212 g/mol. The highest BCUT2D eigenvalue weighted by atomic mass is 15.2. The lowest BCUT2D eigenvalue weighted by atomic mass is 9.84. The summed E-state index contributed by atoms with van der Waals surface area (Å²) in [6, 6.07) is 2.50. The van der Waals surface area contributed by atoms with Crippen molar-refractivity contribution in [3.05, 3.63) is 17.8 Å². The van der Waals surface area contributed by atoms with Crippen LogP contribution in [-0.2, 0) is 0 Å². The molecule has 4 heterocycles. The van der Waals surface area contributed by atoms with Crippen LogP contribution < -0.4 is 11.1 Å². The van der Waals surface area contributed by atoms with E-state index >= 15 is 0 Å². The molecule has 1 atom stereocenters. The number of nitrogens with zero attached hydrogens (tertiary/aromatic N) is 2. The Morgan fingerprint density at radius 3 is 2.76 bits per heavy atom. The van der Waals surface area contributed by atoms with Crippen molar-refractivity contribution in [2.75, 3.05) is 30.7 Å². The molecule has 0 spiro atoms. The van der Waals surface area contributed by atoms with Crippen molar-refractivity contribution in [1.82, 2.24) is 9.88 Å². The van der Waals surface area contributed by atoms with Gasteiger partial charge in [-0.1, -0.05) is 0 Å². The van der Waals surface area contributed by atoms with E-state index in [1.165, 1.54) is 25.9 Å². The van der Waals surface area contributed by atoms with Gasteiger partial charge in [0.1, 0.15) is 5.82 Å². The van der Waals surface area contributed by atoms with Crippen LogP contribution >= 0.6 is 0 Å². The molecule has 3 aliphatic heterocycles. The predicted octanol–water partition coefficient (Wildman–Crippen LogP) is 1.48. The smallest absolute Gasteiger partial charge is 0.128 e. The van der Waals surface area contributed by atoms with Gasteiger partial charge < -0.3 is 16.0 Å². The first-order valence-electron chi connectivity index (χ1n) is 6.43. The van der Waals surface area contributed by atoms with Crippen LogP contribution in [0.5, 0.6) is 0 Å². The fourth-order valence-electron chi connectivity index (χ4n) is 2.94. The number of aryl methyl sites for hydroxylation is 1. The summed E-state index contributed by atoms with van der Waals surface area (Å²) in [5.41, 5.74) is 7.78. The number of fused-ring (bicyclic) bond motifs is 3. The summed E-state index contributed by atoms with van der Waals surface area (Å²) in [4.78, 5) is 6.94. The van der Waals surface area contributed by atoms with Crippen molar-refractivity contribution in [2.45, 2.75) is 25.8 Å². The molecule has 1 aromatic heterocycles. The summed E-state index contributed by atoms with van der Waals surface area (Å²) in [6.45, 7) is 5.68. The Morgan fingerprint density at radius 1 is 1.41 bits per heavy atom. The zero-order valence-electron chi connectivity index (χ0n) is 10.3. The van der Waals surface area contributed by atoms with Gasteiger partial charge in [0.05, 0.1) is 0 Å². The fourth-order valence-corrected chi connectivity index (χ4v) is 2.94. The highest BCUT2D eigenvalue weighted by Gasteiger charge is 2.34. The number of rotatable bonds is 2. The number of aromatic nitrogens is 1. The number of nitrogen functional groups attached to an aromatic ring is 1. The van der Waals surface area contributed by atoms with Crippen molar-refractivity contribution < 1.29 is 0 Å². The summed E-state index contributed by atoms with van der Waals surface area (Å²) >= 11 is 0. The van der Waals surface area contributed by atoms with Crippen LogP contribution in [0.3, 0.4) is 0 Å². The normalized spacial score (nSPS) is 31.5. The molecule has 3 saturated heterocycles. The minimum Gasteiger partial charge on any atom is -0.398 e.